The van der Waals surface area contributed by atoms with Crippen LogP contribution in [0.4, 0.5) is 11.8 Å². The zero-order valence-corrected chi connectivity index (χ0v) is 13.9. The molecule has 0 radical (unpaired) electrons. The van der Waals surface area contributed by atoms with E-state index in [-0.39, 0.29) is 5.95 Å². The van der Waals surface area contributed by atoms with E-state index in [2.05, 4.69) is 19.9 Å². The first kappa shape index (κ1) is 15.9. The van der Waals surface area contributed by atoms with E-state index in [0.717, 1.165) is 37.1 Å². The number of hydrogen-bond donors (Lipinski definition) is 2. The molecular weight excluding hydrogens is 292 g/mol. The van der Waals surface area contributed by atoms with Crippen molar-refractivity contribution in [1.82, 2.24) is 24.4 Å². The second kappa shape index (κ2) is 6.67. The van der Waals surface area contributed by atoms with Crippen molar-refractivity contribution in [3.05, 3.63) is 6.33 Å². The molecule has 4 N–H and O–H groups in total. The molecule has 0 spiro atoms. The summed E-state index contributed by atoms with van der Waals surface area (Å²) in [5.74, 6) is 7.25. The third kappa shape index (κ3) is 3.37. The SMILES string of the molecule is CN(C)CCn1cnc2c(N(N)C3CCCCC3)nc(N)nc21. The number of hydrazine groups is 1. The number of aromatic nitrogens is 4. The summed E-state index contributed by atoms with van der Waals surface area (Å²) in [6.45, 7) is 1.70. The maximum atomic E-state index is 6.37. The van der Waals surface area contributed by atoms with Gasteiger partial charge in [-0.05, 0) is 26.9 Å². The maximum Gasteiger partial charge on any atom is 0.224 e. The van der Waals surface area contributed by atoms with Gasteiger partial charge in [0.05, 0.1) is 6.33 Å². The third-order valence-electron chi connectivity index (χ3n) is 4.46. The number of fused-ring (bicyclic) bond motifs is 1. The van der Waals surface area contributed by atoms with Gasteiger partial charge in [0.2, 0.25) is 5.95 Å². The Kier molecular flexibility index (Phi) is 4.63. The lowest BCUT2D eigenvalue weighted by atomic mass is 9.95. The Morgan fingerprint density at radius 2 is 1.96 bits per heavy atom. The standard InChI is InChI=1S/C15H26N8/c1-21(2)8-9-22-10-18-12-13(22)19-15(16)20-14(12)23(17)11-6-4-3-5-7-11/h10-11H,3-9,17H2,1-2H3,(H2,16,19,20). The smallest absolute Gasteiger partial charge is 0.224 e. The average molecular weight is 318 g/mol. The lowest BCUT2D eigenvalue weighted by molar-refractivity contribution is 0.386. The Balaban J connectivity index is 1.93. The van der Waals surface area contributed by atoms with E-state index in [1.807, 2.05) is 18.7 Å². The predicted octanol–water partition coefficient (Wildman–Crippen LogP) is 0.983. The quantitative estimate of drug-likeness (QED) is 0.626. The van der Waals surface area contributed by atoms with Crippen LogP contribution in [0, 0.1) is 0 Å². The van der Waals surface area contributed by atoms with Crippen molar-refractivity contribution in [1.29, 1.82) is 0 Å². The highest BCUT2D eigenvalue weighted by molar-refractivity contribution is 5.84. The van der Waals surface area contributed by atoms with Crippen LogP contribution in [0.5, 0.6) is 0 Å². The summed E-state index contributed by atoms with van der Waals surface area (Å²) >= 11 is 0. The molecule has 8 nitrogen and oxygen atoms in total. The molecular formula is C15H26N8. The number of anilines is 2. The Morgan fingerprint density at radius 1 is 1.22 bits per heavy atom. The fourth-order valence-corrected chi connectivity index (χ4v) is 3.13. The number of nitrogen functional groups attached to an aromatic ring is 1. The molecule has 2 heterocycles. The second-order valence-electron chi connectivity index (χ2n) is 6.52. The molecule has 1 aliphatic rings. The van der Waals surface area contributed by atoms with Crippen molar-refractivity contribution in [2.75, 3.05) is 31.4 Å². The van der Waals surface area contributed by atoms with Crippen LogP contribution >= 0.6 is 0 Å². The van der Waals surface area contributed by atoms with Gasteiger partial charge in [0.15, 0.2) is 17.0 Å². The van der Waals surface area contributed by atoms with Gasteiger partial charge >= 0.3 is 0 Å². The number of nitrogens with two attached hydrogens (primary N) is 2. The van der Waals surface area contributed by atoms with Crippen LogP contribution in [0.3, 0.4) is 0 Å². The van der Waals surface area contributed by atoms with Crippen molar-refractivity contribution in [3.63, 3.8) is 0 Å². The van der Waals surface area contributed by atoms with Crippen LogP contribution in [-0.4, -0.2) is 51.1 Å². The van der Waals surface area contributed by atoms with Crippen LogP contribution in [-0.2, 0) is 6.54 Å². The number of imidazole rings is 1. The fraction of sp³-hybridized carbons (Fsp3) is 0.667. The number of nitrogens with zero attached hydrogens (tertiary/aromatic N) is 6. The zero-order chi connectivity index (χ0) is 16.4. The molecule has 0 amide bonds. The molecule has 0 unspecified atom stereocenters. The number of hydrogen-bond acceptors (Lipinski definition) is 7. The molecule has 0 aromatic carbocycles. The van der Waals surface area contributed by atoms with E-state index in [4.69, 9.17) is 11.6 Å². The lowest BCUT2D eigenvalue weighted by Gasteiger charge is -2.31. The monoisotopic (exact) mass is 318 g/mol. The summed E-state index contributed by atoms with van der Waals surface area (Å²) in [5, 5.41) is 1.75. The summed E-state index contributed by atoms with van der Waals surface area (Å²) in [4.78, 5) is 15.3. The van der Waals surface area contributed by atoms with Crippen molar-refractivity contribution in [2.45, 2.75) is 44.7 Å². The first-order valence-electron chi connectivity index (χ1n) is 8.23. The minimum atomic E-state index is 0.241. The number of rotatable bonds is 5. The Bertz CT molecular complexity index is 659. The minimum absolute atomic E-state index is 0.241. The molecule has 0 saturated heterocycles. The van der Waals surface area contributed by atoms with E-state index in [1.165, 1.54) is 19.3 Å². The first-order valence-corrected chi connectivity index (χ1v) is 8.23. The molecule has 0 aliphatic heterocycles. The largest absolute Gasteiger partial charge is 0.368 e. The van der Waals surface area contributed by atoms with Crippen LogP contribution < -0.4 is 16.6 Å². The Labute approximate surface area is 136 Å². The molecule has 1 fully saturated rings. The van der Waals surface area contributed by atoms with Crippen molar-refractivity contribution in [2.24, 2.45) is 5.84 Å². The van der Waals surface area contributed by atoms with Gasteiger partial charge in [0.1, 0.15) is 0 Å². The van der Waals surface area contributed by atoms with Crippen LogP contribution in [0.15, 0.2) is 6.33 Å². The van der Waals surface area contributed by atoms with E-state index in [0.29, 0.717) is 11.9 Å². The molecule has 0 bridgehead atoms. The van der Waals surface area contributed by atoms with Crippen LogP contribution in [0.25, 0.3) is 11.2 Å². The number of likely N-dealkylation sites (N-methyl/N-ethyl adjacent to an activating group) is 1. The average Bonchev–Trinajstić information content (AvgIpc) is 2.95. The van der Waals surface area contributed by atoms with Gasteiger partial charge in [-0.15, -0.1) is 0 Å². The first-order chi connectivity index (χ1) is 11.1. The lowest BCUT2D eigenvalue weighted by Crippen LogP contribution is -2.43. The van der Waals surface area contributed by atoms with Gasteiger partial charge in [-0.1, -0.05) is 19.3 Å². The Morgan fingerprint density at radius 3 is 2.65 bits per heavy atom. The van der Waals surface area contributed by atoms with Gasteiger partial charge in [-0.25, -0.2) is 10.8 Å². The van der Waals surface area contributed by atoms with Crippen molar-refractivity contribution < 1.29 is 0 Å². The topological polar surface area (TPSA) is 102 Å². The molecule has 2 aromatic rings. The highest BCUT2D eigenvalue weighted by atomic mass is 15.5. The van der Waals surface area contributed by atoms with E-state index < -0.39 is 0 Å². The van der Waals surface area contributed by atoms with E-state index in [9.17, 15) is 0 Å². The zero-order valence-electron chi connectivity index (χ0n) is 13.9. The predicted molar refractivity (Wildman–Crippen MR) is 91.8 cm³/mol. The van der Waals surface area contributed by atoms with Crippen LogP contribution in [0.1, 0.15) is 32.1 Å². The van der Waals surface area contributed by atoms with Crippen molar-refractivity contribution >= 4 is 22.9 Å². The fourth-order valence-electron chi connectivity index (χ4n) is 3.13. The highest BCUT2D eigenvalue weighted by Crippen LogP contribution is 2.28. The van der Waals surface area contributed by atoms with Gasteiger partial charge in [-0.3, -0.25) is 5.01 Å². The molecule has 0 atom stereocenters. The summed E-state index contributed by atoms with van der Waals surface area (Å²) in [5.41, 5.74) is 7.40. The van der Waals surface area contributed by atoms with Gasteiger partial charge in [0.25, 0.3) is 0 Å². The summed E-state index contributed by atoms with van der Waals surface area (Å²) in [7, 11) is 4.08. The molecule has 1 saturated carbocycles. The molecule has 2 aromatic heterocycles. The summed E-state index contributed by atoms with van der Waals surface area (Å²) in [6, 6.07) is 0.299. The van der Waals surface area contributed by atoms with E-state index in [1.54, 1.807) is 11.3 Å². The summed E-state index contributed by atoms with van der Waals surface area (Å²) in [6.07, 6.45) is 7.66. The second-order valence-corrected chi connectivity index (χ2v) is 6.52. The molecule has 3 rings (SSSR count). The van der Waals surface area contributed by atoms with Gasteiger partial charge < -0.3 is 15.2 Å². The van der Waals surface area contributed by atoms with Crippen LogP contribution in [0.2, 0.25) is 0 Å². The normalized spacial score (nSPS) is 16.3. The van der Waals surface area contributed by atoms with E-state index >= 15 is 0 Å². The molecule has 8 heteroatoms. The Hall–Kier alpha value is -1.93. The third-order valence-corrected chi connectivity index (χ3v) is 4.46. The minimum Gasteiger partial charge on any atom is -0.368 e. The molecule has 23 heavy (non-hydrogen) atoms. The van der Waals surface area contributed by atoms with Gasteiger partial charge in [0, 0.05) is 19.1 Å². The molecule has 1 aliphatic carbocycles. The summed E-state index contributed by atoms with van der Waals surface area (Å²) < 4.78 is 2.01. The molecule has 126 valence electrons. The van der Waals surface area contributed by atoms with Gasteiger partial charge in [-0.2, -0.15) is 9.97 Å². The van der Waals surface area contributed by atoms with Crippen molar-refractivity contribution in [3.8, 4) is 0 Å². The highest BCUT2D eigenvalue weighted by Gasteiger charge is 2.24. The maximum absolute atomic E-state index is 6.37.